The molecule has 2 heterocycles. The third-order valence-electron chi connectivity index (χ3n) is 3.93. The highest BCUT2D eigenvalue weighted by Gasteiger charge is 2.13. The molecule has 0 spiro atoms. The summed E-state index contributed by atoms with van der Waals surface area (Å²) >= 11 is 1.75. The van der Waals surface area contributed by atoms with E-state index >= 15 is 0 Å². The number of rotatable bonds is 5. The standard InChI is InChI=1S/C22H23N3S/c1-6-19-13-20(25(24-19)22-9-7-8-17(5)23-22)18-11-10-16(4)21(12-18)26-14-15(2)3/h6-14H,1H2,2-5H3. The highest BCUT2D eigenvalue weighted by molar-refractivity contribution is 8.02. The van der Waals surface area contributed by atoms with Crippen molar-refractivity contribution in [3.8, 4) is 17.1 Å². The smallest absolute Gasteiger partial charge is 0.154 e. The van der Waals surface area contributed by atoms with Gasteiger partial charge in [-0.25, -0.2) is 9.67 Å². The lowest BCUT2D eigenvalue weighted by Crippen LogP contribution is -2.02. The van der Waals surface area contributed by atoms with E-state index in [1.54, 1.807) is 17.8 Å². The zero-order valence-corrected chi connectivity index (χ0v) is 16.5. The molecule has 0 amide bonds. The lowest BCUT2D eigenvalue weighted by molar-refractivity contribution is 0.843. The van der Waals surface area contributed by atoms with E-state index in [1.807, 2.05) is 29.8 Å². The average Bonchev–Trinajstić information content (AvgIpc) is 3.05. The van der Waals surface area contributed by atoms with E-state index in [1.165, 1.54) is 16.0 Å². The van der Waals surface area contributed by atoms with Crippen molar-refractivity contribution in [2.24, 2.45) is 0 Å². The SMILES string of the molecule is C=Cc1cc(-c2ccc(C)c(SC=C(C)C)c2)n(-c2cccc(C)n2)n1. The minimum atomic E-state index is 0.812. The maximum atomic E-state index is 4.66. The van der Waals surface area contributed by atoms with Gasteiger partial charge in [0.15, 0.2) is 5.82 Å². The molecule has 0 fully saturated rings. The van der Waals surface area contributed by atoms with Crippen LogP contribution in [0, 0.1) is 13.8 Å². The number of hydrogen-bond donors (Lipinski definition) is 0. The number of hydrogen-bond acceptors (Lipinski definition) is 3. The zero-order valence-electron chi connectivity index (χ0n) is 15.7. The van der Waals surface area contributed by atoms with Gasteiger partial charge in [0.05, 0.1) is 11.4 Å². The summed E-state index contributed by atoms with van der Waals surface area (Å²) < 4.78 is 1.89. The number of aryl methyl sites for hydroxylation is 2. The fourth-order valence-corrected chi connectivity index (χ4v) is 3.41. The highest BCUT2D eigenvalue weighted by Crippen LogP contribution is 2.31. The van der Waals surface area contributed by atoms with Crippen molar-refractivity contribution < 1.29 is 0 Å². The summed E-state index contributed by atoms with van der Waals surface area (Å²) in [6.07, 6.45) is 1.77. The van der Waals surface area contributed by atoms with Gasteiger partial charge in [-0.3, -0.25) is 0 Å². The molecule has 0 aliphatic heterocycles. The van der Waals surface area contributed by atoms with E-state index in [0.717, 1.165) is 28.5 Å². The van der Waals surface area contributed by atoms with Gasteiger partial charge in [0.1, 0.15) is 0 Å². The molecule has 2 aromatic heterocycles. The van der Waals surface area contributed by atoms with E-state index in [0.29, 0.717) is 0 Å². The van der Waals surface area contributed by atoms with Gasteiger partial charge >= 0.3 is 0 Å². The first-order chi connectivity index (χ1) is 12.5. The second-order valence-electron chi connectivity index (χ2n) is 6.50. The third kappa shape index (κ3) is 3.97. The van der Waals surface area contributed by atoms with E-state index in [-0.39, 0.29) is 0 Å². The molecule has 132 valence electrons. The summed E-state index contributed by atoms with van der Waals surface area (Å²) in [5.74, 6) is 0.812. The van der Waals surface area contributed by atoms with Crippen LogP contribution in [0.1, 0.15) is 30.8 Å². The minimum absolute atomic E-state index is 0.812. The van der Waals surface area contributed by atoms with Gasteiger partial charge in [0.2, 0.25) is 0 Å². The fraction of sp³-hybridized carbons (Fsp3) is 0.182. The van der Waals surface area contributed by atoms with Crippen molar-refractivity contribution in [3.63, 3.8) is 0 Å². The molecule has 3 nitrogen and oxygen atoms in total. The summed E-state index contributed by atoms with van der Waals surface area (Å²) in [7, 11) is 0. The van der Waals surface area contributed by atoms with Gasteiger partial charge in [0.25, 0.3) is 0 Å². The van der Waals surface area contributed by atoms with Crippen LogP contribution in [0.3, 0.4) is 0 Å². The lowest BCUT2D eigenvalue weighted by atomic mass is 10.1. The first-order valence-corrected chi connectivity index (χ1v) is 9.43. The van der Waals surface area contributed by atoms with E-state index in [2.05, 4.69) is 67.1 Å². The van der Waals surface area contributed by atoms with Crippen molar-refractivity contribution in [2.45, 2.75) is 32.6 Å². The van der Waals surface area contributed by atoms with Gasteiger partial charge in [-0.05, 0) is 69.0 Å². The number of allylic oxidation sites excluding steroid dienone is 1. The van der Waals surface area contributed by atoms with E-state index < -0.39 is 0 Å². The Morgan fingerprint density at radius 3 is 2.62 bits per heavy atom. The normalized spacial score (nSPS) is 10.6. The summed E-state index contributed by atoms with van der Waals surface area (Å²) in [5, 5.41) is 6.84. The fourth-order valence-electron chi connectivity index (χ4n) is 2.59. The molecule has 0 saturated heterocycles. The molecule has 0 aliphatic carbocycles. The van der Waals surface area contributed by atoms with Gasteiger partial charge in [-0.15, -0.1) is 0 Å². The Morgan fingerprint density at radius 1 is 1.12 bits per heavy atom. The van der Waals surface area contributed by atoms with Gasteiger partial charge in [-0.2, -0.15) is 5.10 Å². The molecule has 0 atom stereocenters. The van der Waals surface area contributed by atoms with E-state index in [9.17, 15) is 0 Å². The van der Waals surface area contributed by atoms with Crippen molar-refractivity contribution in [1.82, 2.24) is 14.8 Å². The van der Waals surface area contributed by atoms with Crippen molar-refractivity contribution in [1.29, 1.82) is 0 Å². The summed E-state index contributed by atoms with van der Waals surface area (Å²) in [6, 6.07) is 14.5. The van der Waals surface area contributed by atoms with Gasteiger partial charge in [-0.1, -0.05) is 42.1 Å². The molecule has 0 N–H and O–H groups in total. The Labute approximate surface area is 159 Å². The maximum absolute atomic E-state index is 4.66. The molecule has 1 aromatic carbocycles. The number of nitrogens with zero attached hydrogens (tertiary/aromatic N) is 3. The second-order valence-corrected chi connectivity index (χ2v) is 7.41. The summed E-state index contributed by atoms with van der Waals surface area (Å²) in [4.78, 5) is 5.87. The van der Waals surface area contributed by atoms with Gasteiger partial charge in [0, 0.05) is 16.2 Å². The van der Waals surface area contributed by atoms with Crippen molar-refractivity contribution in [2.75, 3.05) is 0 Å². The topological polar surface area (TPSA) is 30.7 Å². The van der Waals surface area contributed by atoms with E-state index in [4.69, 9.17) is 0 Å². The predicted octanol–water partition coefficient (Wildman–Crippen LogP) is 6.21. The predicted molar refractivity (Wildman–Crippen MR) is 112 cm³/mol. The highest BCUT2D eigenvalue weighted by atomic mass is 32.2. The first kappa shape index (κ1) is 18.2. The van der Waals surface area contributed by atoms with Crippen molar-refractivity contribution >= 4 is 17.8 Å². The van der Waals surface area contributed by atoms with Gasteiger partial charge < -0.3 is 0 Å². The molecule has 0 bridgehead atoms. The summed E-state index contributed by atoms with van der Waals surface area (Å²) in [5.41, 5.74) is 6.49. The second kappa shape index (κ2) is 7.75. The Kier molecular flexibility index (Phi) is 5.43. The lowest BCUT2D eigenvalue weighted by Gasteiger charge is -2.10. The number of thioether (sulfide) groups is 1. The monoisotopic (exact) mass is 361 g/mol. The molecular weight excluding hydrogens is 338 g/mol. The molecule has 0 aliphatic rings. The van der Waals surface area contributed by atoms with Crippen LogP contribution in [0.4, 0.5) is 0 Å². The molecule has 0 radical (unpaired) electrons. The Balaban J connectivity index is 2.12. The van der Waals surface area contributed by atoms with Crippen LogP contribution in [0.15, 0.2) is 64.9 Å². The number of benzene rings is 1. The van der Waals surface area contributed by atoms with Crippen molar-refractivity contribution in [3.05, 3.63) is 77.0 Å². The Morgan fingerprint density at radius 2 is 1.92 bits per heavy atom. The Bertz CT molecular complexity index is 979. The Hall–Kier alpha value is -2.59. The maximum Gasteiger partial charge on any atom is 0.154 e. The molecule has 0 unspecified atom stereocenters. The van der Waals surface area contributed by atoms with Crippen LogP contribution < -0.4 is 0 Å². The zero-order chi connectivity index (χ0) is 18.7. The van der Waals surface area contributed by atoms with Crippen LogP contribution in [0.2, 0.25) is 0 Å². The largest absolute Gasteiger partial charge is 0.234 e. The summed E-state index contributed by atoms with van der Waals surface area (Å²) in [6.45, 7) is 12.2. The van der Waals surface area contributed by atoms with Crippen LogP contribution in [-0.2, 0) is 0 Å². The molecule has 26 heavy (non-hydrogen) atoms. The van der Waals surface area contributed by atoms with Crippen LogP contribution in [0.5, 0.6) is 0 Å². The first-order valence-electron chi connectivity index (χ1n) is 8.55. The molecule has 0 saturated carbocycles. The molecule has 3 rings (SSSR count). The molecule has 3 aromatic rings. The third-order valence-corrected chi connectivity index (χ3v) is 5.22. The van der Waals surface area contributed by atoms with Crippen LogP contribution >= 0.6 is 11.8 Å². The number of aromatic nitrogens is 3. The molecule has 4 heteroatoms. The quantitative estimate of drug-likeness (QED) is 0.506. The van der Waals surface area contributed by atoms with Crippen LogP contribution in [-0.4, -0.2) is 14.8 Å². The minimum Gasteiger partial charge on any atom is -0.234 e. The van der Waals surface area contributed by atoms with Crippen LogP contribution in [0.25, 0.3) is 23.2 Å². The average molecular weight is 362 g/mol. The number of pyridine rings is 1. The molecular formula is C22H23N3S.